The molecule has 1 N–H and O–H groups in total. The van der Waals surface area contributed by atoms with Crippen LogP contribution in [0.2, 0.25) is 0 Å². The molecule has 112 valence electrons. The van der Waals surface area contributed by atoms with E-state index in [-0.39, 0.29) is 11.9 Å². The molecule has 2 rings (SSSR count). The van der Waals surface area contributed by atoms with Gasteiger partial charge < -0.3 is 10.1 Å². The standard InChI is InChI=1S/C17H26FNO/c1-3-8-19-12-14-9-15(18)11-17(10-14)20-16-6-4-13(2)5-7-16/h9-11,13,16,19H,3-8,12H2,1-2H3. The van der Waals surface area contributed by atoms with E-state index < -0.39 is 0 Å². The summed E-state index contributed by atoms with van der Waals surface area (Å²) in [7, 11) is 0. The Morgan fingerprint density at radius 3 is 2.65 bits per heavy atom. The number of halogens is 1. The average molecular weight is 279 g/mol. The molecule has 1 aliphatic rings. The van der Waals surface area contributed by atoms with Crippen LogP contribution in [-0.2, 0) is 6.54 Å². The van der Waals surface area contributed by atoms with Gasteiger partial charge in [0.2, 0.25) is 0 Å². The lowest BCUT2D eigenvalue weighted by Gasteiger charge is -2.27. The molecule has 1 aliphatic carbocycles. The zero-order valence-corrected chi connectivity index (χ0v) is 12.6. The molecule has 2 nitrogen and oxygen atoms in total. The molecule has 0 radical (unpaired) electrons. The lowest BCUT2D eigenvalue weighted by Crippen LogP contribution is -2.23. The first kappa shape index (κ1) is 15.3. The molecule has 0 atom stereocenters. The van der Waals surface area contributed by atoms with Crippen molar-refractivity contribution in [3.8, 4) is 5.75 Å². The molecule has 0 spiro atoms. The highest BCUT2D eigenvalue weighted by atomic mass is 19.1. The van der Waals surface area contributed by atoms with Gasteiger partial charge in [-0.2, -0.15) is 0 Å². The lowest BCUT2D eigenvalue weighted by atomic mass is 9.89. The minimum Gasteiger partial charge on any atom is -0.490 e. The first-order chi connectivity index (χ1) is 9.67. The van der Waals surface area contributed by atoms with Gasteiger partial charge in [-0.3, -0.25) is 0 Å². The molecular formula is C17H26FNO. The van der Waals surface area contributed by atoms with Gasteiger partial charge in [0, 0.05) is 12.6 Å². The minimum atomic E-state index is -0.208. The van der Waals surface area contributed by atoms with Crippen LogP contribution in [0.1, 0.15) is 51.5 Å². The van der Waals surface area contributed by atoms with E-state index in [1.165, 1.54) is 18.9 Å². The quantitative estimate of drug-likeness (QED) is 0.785. The molecular weight excluding hydrogens is 253 g/mol. The summed E-state index contributed by atoms with van der Waals surface area (Å²) in [5, 5.41) is 3.29. The van der Waals surface area contributed by atoms with Crippen molar-refractivity contribution in [2.45, 2.75) is 58.6 Å². The second kappa shape index (κ2) is 7.63. The normalized spacial score (nSPS) is 22.8. The van der Waals surface area contributed by atoms with Gasteiger partial charge in [-0.15, -0.1) is 0 Å². The van der Waals surface area contributed by atoms with Crippen molar-refractivity contribution in [1.29, 1.82) is 0 Å². The maximum absolute atomic E-state index is 13.6. The summed E-state index contributed by atoms with van der Waals surface area (Å²) in [4.78, 5) is 0. The molecule has 0 unspecified atom stereocenters. The number of nitrogens with one attached hydrogen (secondary N) is 1. The smallest absolute Gasteiger partial charge is 0.127 e. The fraction of sp³-hybridized carbons (Fsp3) is 0.647. The predicted octanol–water partition coefficient (Wildman–Crippen LogP) is 4.28. The van der Waals surface area contributed by atoms with Gasteiger partial charge in [-0.25, -0.2) is 4.39 Å². The third-order valence-corrected chi connectivity index (χ3v) is 3.95. The van der Waals surface area contributed by atoms with Crippen LogP contribution in [0.3, 0.4) is 0 Å². The van der Waals surface area contributed by atoms with Crippen LogP contribution < -0.4 is 10.1 Å². The summed E-state index contributed by atoms with van der Waals surface area (Å²) < 4.78 is 19.6. The molecule has 1 aromatic carbocycles. The van der Waals surface area contributed by atoms with E-state index in [4.69, 9.17) is 4.74 Å². The maximum Gasteiger partial charge on any atom is 0.127 e. The first-order valence-electron chi connectivity index (χ1n) is 7.84. The summed E-state index contributed by atoms with van der Waals surface area (Å²) in [6.07, 6.45) is 5.93. The molecule has 1 saturated carbocycles. The summed E-state index contributed by atoms with van der Waals surface area (Å²) >= 11 is 0. The van der Waals surface area contributed by atoms with Crippen molar-refractivity contribution in [3.05, 3.63) is 29.6 Å². The van der Waals surface area contributed by atoms with Crippen LogP contribution in [-0.4, -0.2) is 12.6 Å². The number of rotatable bonds is 6. The largest absolute Gasteiger partial charge is 0.490 e. The van der Waals surface area contributed by atoms with Gasteiger partial charge in [0.05, 0.1) is 6.10 Å². The van der Waals surface area contributed by atoms with E-state index in [1.54, 1.807) is 6.07 Å². The average Bonchev–Trinajstić information content (AvgIpc) is 2.41. The van der Waals surface area contributed by atoms with Gasteiger partial charge in [0.15, 0.2) is 0 Å². The molecule has 20 heavy (non-hydrogen) atoms. The van der Waals surface area contributed by atoms with E-state index >= 15 is 0 Å². The molecule has 0 amide bonds. The minimum absolute atomic E-state index is 0.208. The third-order valence-electron chi connectivity index (χ3n) is 3.95. The van der Waals surface area contributed by atoms with Crippen LogP contribution in [0.4, 0.5) is 4.39 Å². The predicted molar refractivity (Wildman–Crippen MR) is 80.4 cm³/mol. The number of hydrogen-bond donors (Lipinski definition) is 1. The summed E-state index contributed by atoms with van der Waals surface area (Å²) in [5.74, 6) is 1.27. The Balaban J connectivity index is 1.93. The molecule has 3 heteroatoms. The lowest BCUT2D eigenvalue weighted by molar-refractivity contribution is 0.135. The first-order valence-corrected chi connectivity index (χ1v) is 7.84. The van der Waals surface area contributed by atoms with Crippen molar-refractivity contribution in [2.75, 3.05) is 6.54 Å². The Morgan fingerprint density at radius 1 is 1.20 bits per heavy atom. The van der Waals surface area contributed by atoms with E-state index in [0.29, 0.717) is 12.3 Å². The fourth-order valence-corrected chi connectivity index (χ4v) is 2.74. The third kappa shape index (κ3) is 4.78. The SMILES string of the molecule is CCCNCc1cc(F)cc(OC2CCC(C)CC2)c1. The van der Waals surface area contributed by atoms with Crippen molar-refractivity contribution in [1.82, 2.24) is 5.32 Å². The molecule has 0 heterocycles. The van der Waals surface area contributed by atoms with Gasteiger partial charge in [0.25, 0.3) is 0 Å². The molecule has 0 bridgehead atoms. The van der Waals surface area contributed by atoms with E-state index in [0.717, 1.165) is 37.3 Å². The van der Waals surface area contributed by atoms with Gasteiger partial charge >= 0.3 is 0 Å². The Bertz CT molecular complexity index is 413. The van der Waals surface area contributed by atoms with Crippen molar-refractivity contribution in [2.24, 2.45) is 5.92 Å². The number of ether oxygens (including phenoxy) is 1. The van der Waals surface area contributed by atoms with E-state index in [9.17, 15) is 4.39 Å². The number of hydrogen-bond acceptors (Lipinski definition) is 2. The van der Waals surface area contributed by atoms with E-state index in [2.05, 4.69) is 19.2 Å². The molecule has 1 fully saturated rings. The van der Waals surface area contributed by atoms with Gasteiger partial charge in [-0.05, 0) is 62.3 Å². The molecule has 0 aliphatic heterocycles. The summed E-state index contributed by atoms with van der Waals surface area (Å²) in [5.41, 5.74) is 0.956. The second-order valence-corrected chi connectivity index (χ2v) is 5.97. The molecule has 0 saturated heterocycles. The molecule has 0 aromatic heterocycles. The maximum atomic E-state index is 13.6. The van der Waals surface area contributed by atoms with Gasteiger partial charge in [0.1, 0.15) is 11.6 Å². The Kier molecular flexibility index (Phi) is 5.84. The van der Waals surface area contributed by atoms with Gasteiger partial charge in [-0.1, -0.05) is 13.8 Å². The monoisotopic (exact) mass is 279 g/mol. The Labute approximate surface area is 121 Å². The highest BCUT2D eigenvalue weighted by Gasteiger charge is 2.19. The van der Waals surface area contributed by atoms with E-state index in [1.807, 2.05) is 6.07 Å². The zero-order valence-electron chi connectivity index (χ0n) is 12.6. The Morgan fingerprint density at radius 2 is 1.95 bits per heavy atom. The topological polar surface area (TPSA) is 21.3 Å². The summed E-state index contributed by atoms with van der Waals surface area (Å²) in [6, 6.07) is 5.05. The Hall–Kier alpha value is -1.09. The zero-order chi connectivity index (χ0) is 14.4. The van der Waals surface area contributed by atoms with Crippen LogP contribution in [0.15, 0.2) is 18.2 Å². The van der Waals surface area contributed by atoms with Crippen molar-refractivity contribution >= 4 is 0 Å². The van der Waals surface area contributed by atoms with Crippen molar-refractivity contribution < 1.29 is 9.13 Å². The fourth-order valence-electron chi connectivity index (χ4n) is 2.74. The summed E-state index contributed by atoms with van der Waals surface area (Å²) in [6.45, 7) is 6.06. The van der Waals surface area contributed by atoms with Crippen LogP contribution in [0.25, 0.3) is 0 Å². The van der Waals surface area contributed by atoms with Crippen LogP contribution in [0.5, 0.6) is 5.75 Å². The highest BCUT2D eigenvalue weighted by Crippen LogP contribution is 2.28. The second-order valence-electron chi connectivity index (χ2n) is 5.97. The highest BCUT2D eigenvalue weighted by molar-refractivity contribution is 5.29. The van der Waals surface area contributed by atoms with Crippen molar-refractivity contribution in [3.63, 3.8) is 0 Å². The molecule has 1 aromatic rings. The van der Waals surface area contributed by atoms with Crippen LogP contribution >= 0.6 is 0 Å². The van der Waals surface area contributed by atoms with Crippen LogP contribution in [0, 0.1) is 11.7 Å². The number of benzene rings is 1.